The lowest BCUT2D eigenvalue weighted by atomic mass is 9.83. The van der Waals surface area contributed by atoms with Gasteiger partial charge in [-0.2, -0.15) is 0 Å². The first-order valence-electron chi connectivity index (χ1n) is 8.78. The first-order chi connectivity index (χ1) is 12.6. The summed E-state index contributed by atoms with van der Waals surface area (Å²) in [5.74, 6) is -0.0892. The van der Waals surface area contributed by atoms with Crippen LogP contribution in [-0.4, -0.2) is 20.6 Å². The zero-order valence-electron chi connectivity index (χ0n) is 14.6. The van der Waals surface area contributed by atoms with E-state index >= 15 is 0 Å². The maximum Gasteiger partial charge on any atom is 0.221 e. The Balaban J connectivity index is 1.65. The molecule has 1 aliphatic rings. The molecule has 1 unspecified atom stereocenters. The Morgan fingerprint density at radius 2 is 2.00 bits per heavy atom. The van der Waals surface area contributed by atoms with Crippen molar-refractivity contribution in [2.45, 2.75) is 31.9 Å². The molecule has 0 aliphatic carbocycles. The van der Waals surface area contributed by atoms with Gasteiger partial charge in [0.1, 0.15) is 5.60 Å². The molecular formula is C21H21N3O2. The smallest absolute Gasteiger partial charge is 0.221 e. The van der Waals surface area contributed by atoms with Gasteiger partial charge < -0.3 is 15.0 Å². The first-order valence-corrected chi connectivity index (χ1v) is 8.78. The van der Waals surface area contributed by atoms with Crippen LogP contribution in [0.25, 0.3) is 11.1 Å². The number of amides is 1. The maximum atomic E-state index is 11.3. The first kappa shape index (κ1) is 16.5. The number of aryl methyl sites for hydroxylation is 1. The van der Waals surface area contributed by atoms with Gasteiger partial charge in [-0.3, -0.25) is 4.79 Å². The molecule has 1 aromatic heterocycles. The summed E-state index contributed by atoms with van der Waals surface area (Å²) in [6.07, 6.45) is 5.14. The fourth-order valence-corrected chi connectivity index (χ4v) is 3.69. The highest BCUT2D eigenvalue weighted by atomic mass is 16.3. The van der Waals surface area contributed by atoms with Gasteiger partial charge in [0.05, 0.1) is 18.2 Å². The van der Waals surface area contributed by atoms with Crippen molar-refractivity contribution in [1.82, 2.24) is 9.55 Å². The van der Waals surface area contributed by atoms with Crippen molar-refractivity contribution in [1.29, 1.82) is 0 Å². The van der Waals surface area contributed by atoms with Crippen molar-refractivity contribution in [2.24, 2.45) is 0 Å². The fourth-order valence-electron chi connectivity index (χ4n) is 3.69. The van der Waals surface area contributed by atoms with Crippen molar-refractivity contribution in [3.63, 3.8) is 0 Å². The van der Waals surface area contributed by atoms with E-state index in [9.17, 15) is 9.90 Å². The lowest BCUT2D eigenvalue weighted by molar-refractivity contribution is -0.114. The zero-order valence-corrected chi connectivity index (χ0v) is 14.6. The van der Waals surface area contributed by atoms with E-state index in [1.807, 2.05) is 53.1 Å². The number of hydrogen-bond acceptors (Lipinski definition) is 3. The number of rotatable bonds is 3. The second-order valence-electron chi connectivity index (χ2n) is 6.78. The summed E-state index contributed by atoms with van der Waals surface area (Å²) in [7, 11) is 0. The Labute approximate surface area is 152 Å². The summed E-state index contributed by atoms with van der Waals surface area (Å²) in [5.41, 5.74) is 3.56. The van der Waals surface area contributed by atoms with Crippen molar-refractivity contribution in [3.05, 3.63) is 72.3 Å². The number of nitrogens with zero attached hydrogens (tertiary/aromatic N) is 2. The van der Waals surface area contributed by atoms with Crippen molar-refractivity contribution in [3.8, 4) is 11.1 Å². The Morgan fingerprint density at radius 3 is 2.77 bits per heavy atom. The number of nitrogens with one attached hydrogen (secondary N) is 1. The molecule has 2 aromatic carbocycles. The molecule has 0 fully saturated rings. The SMILES string of the molecule is CC(=O)Nc1cccc(-c2ccc(C3(O)CCCn4cncc43)cc2)c1. The fraction of sp³-hybridized carbons (Fsp3) is 0.238. The largest absolute Gasteiger partial charge is 0.379 e. The number of carbonyl (C=O) groups is 1. The molecule has 0 saturated carbocycles. The highest BCUT2D eigenvalue weighted by Crippen LogP contribution is 2.38. The van der Waals surface area contributed by atoms with Crippen LogP contribution in [0.5, 0.6) is 0 Å². The van der Waals surface area contributed by atoms with E-state index in [-0.39, 0.29) is 5.91 Å². The molecule has 0 radical (unpaired) electrons. The lowest BCUT2D eigenvalue weighted by Gasteiger charge is -2.33. The van der Waals surface area contributed by atoms with E-state index in [0.29, 0.717) is 6.42 Å². The van der Waals surface area contributed by atoms with E-state index < -0.39 is 5.60 Å². The van der Waals surface area contributed by atoms with Crippen molar-refractivity contribution < 1.29 is 9.90 Å². The van der Waals surface area contributed by atoms with E-state index in [2.05, 4.69) is 10.3 Å². The third-order valence-corrected chi connectivity index (χ3v) is 4.95. The van der Waals surface area contributed by atoms with Crippen LogP contribution in [0.15, 0.2) is 61.1 Å². The molecule has 1 atom stereocenters. The van der Waals surface area contributed by atoms with E-state index in [1.54, 1.807) is 12.5 Å². The predicted octanol–water partition coefficient (Wildman–Crippen LogP) is 3.54. The zero-order chi connectivity index (χ0) is 18.1. The third kappa shape index (κ3) is 2.91. The second kappa shape index (κ2) is 6.42. The van der Waals surface area contributed by atoms with Crippen LogP contribution in [0.1, 0.15) is 31.0 Å². The summed E-state index contributed by atoms with van der Waals surface area (Å²) in [4.78, 5) is 15.4. The highest BCUT2D eigenvalue weighted by molar-refractivity contribution is 5.89. The average molecular weight is 347 g/mol. The van der Waals surface area contributed by atoms with E-state index in [0.717, 1.165) is 41.0 Å². The molecule has 0 spiro atoms. The second-order valence-corrected chi connectivity index (χ2v) is 6.78. The monoisotopic (exact) mass is 347 g/mol. The maximum absolute atomic E-state index is 11.3. The van der Waals surface area contributed by atoms with Crippen LogP contribution in [-0.2, 0) is 16.9 Å². The molecule has 1 aliphatic heterocycles. The van der Waals surface area contributed by atoms with Crippen LogP contribution in [0.2, 0.25) is 0 Å². The van der Waals surface area contributed by atoms with Crippen LogP contribution < -0.4 is 5.32 Å². The summed E-state index contributed by atoms with van der Waals surface area (Å²) in [6.45, 7) is 2.39. The highest BCUT2D eigenvalue weighted by Gasteiger charge is 2.36. The standard InChI is InChI=1S/C21H21N3O2/c1-15(25)23-19-5-2-4-17(12-19)16-6-8-18(9-7-16)21(26)10-3-11-24-14-22-13-20(21)24/h2,4-9,12-14,26H,3,10-11H2,1H3,(H,23,25). The Morgan fingerprint density at radius 1 is 1.19 bits per heavy atom. The number of aromatic nitrogens is 2. The number of aliphatic hydroxyl groups is 1. The molecule has 5 nitrogen and oxygen atoms in total. The molecule has 5 heteroatoms. The Hall–Kier alpha value is -2.92. The van der Waals surface area contributed by atoms with Crippen molar-refractivity contribution in [2.75, 3.05) is 5.32 Å². The van der Waals surface area contributed by atoms with Crippen LogP contribution in [0, 0.1) is 0 Å². The summed E-state index contributed by atoms with van der Waals surface area (Å²) in [6, 6.07) is 15.7. The number of benzene rings is 2. The predicted molar refractivity (Wildman–Crippen MR) is 101 cm³/mol. The lowest BCUT2D eigenvalue weighted by Crippen LogP contribution is -2.34. The van der Waals surface area contributed by atoms with Gasteiger partial charge in [0.25, 0.3) is 0 Å². The minimum atomic E-state index is -0.995. The topological polar surface area (TPSA) is 67.2 Å². The summed E-state index contributed by atoms with van der Waals surface area (Å²) >= 11 is 0. The molecular weight excluding hydrogens is 326 g/mol. The van der Waals surface area contributed by atoms with Gasteiger partial charge in [0, 0.05) is 19.2 Å². The molecule has 0 bridgehead atoms. The van der Waals surface area contributed by atoms with Gasteiger partial charge in [-0.05, 0) is 41.7 Å². The number of hydrogen-bond donors (Lipinski definition) is 2. The molecule has 132 valence electrons. The van der Waals surface area contributed by atoms with Crippen LogP contribution in [0.4, 0.5) is 5.69 Å². The van der Waals surface area contributed by atoms with Gasteiger partial charge in [-0.1, -0.05) is 36.4 Å². The van der Waals surface area contributed by atoms with E-state index in [4.69, 9.17) is 0 Å². The molecule has 2 N–H and O–H groups in total. The minimum absolute atomic E-state index is 0.0892. The molecule has 2 heterocycles. The number of carbonyl (C=O) groups excluding carboxylic acids is 1. The number of fused-ring (bicyclic) bond motifs is 1. The van der Waals surface area contributed by atoms with Crippen LogP contribution >= 0.6 is 0 Å². The molecule has 0 saturated heterocycles. The number of imidazole rings is 1. The molecule has 26 heavy (non-hydrogen) atoms. The quantitative estimate of drug-likeness (QED) is 0.761. The van der Waals surface area contributed by atoms with Gasteiger partial charge >= 0.3 is 0 Å². The van der Waals surface area contributed by atoms with Crippen molar-refractivity contribution >= 4 is 11.6 Å². The van der Waals surface area contributed by atoms with Gasteiger partial charge in [0.15, 0.2) is 0 Å². The van der Waals surface area contributed by atoms with Crippen LogP contribution in [0.3, 0.4) is 0 Å². The Kier molecular flexibility index (Phi) is 4.09. The summed E-state index contributed by atoms with van der Waals surface area (Å²) in [5, 5.41) is 14.1. The summed E-state index contributed by atoms with van der Waals surface area (Å²) < 4.78 is 2.02. The Bertz CT molecular complexity index is 946. The normalized spacial score (nSPS) is 19.0. The third-order valence-electron chi connectivity index (χ3n) is 4.95. The average Bonchev–Trinajstić information content (AvgIpc) is 3.12. The van der Waals surface area contributed by atoms with Gasteiger partial charge in [0.2, 0.25) is 5.91 Å². The molecule has 3 aromatic rings. The minimum Gasteiger partial charge on any atom is -0.379 e. The number of anilines is 1. The van der Waals surface area contributed by atoms with Gasteiger partial charge in [-0.25, -0.2) is 4.98 Å². The molecule has 4 rings (SSSR count). The van der Waals surface area contributed by atoms with Gasteiger partial charge in [-0.15, -0.1) is 0 Å². The van der Waals surface area contributed by atoms with E-state index in [1.165, 1.54) is 6.92 Å². The molecule has 1 amide bonds.